The maximum Gasteiger partial charge on any atom is 0.159 e. The first-order valence-electron chi connectivity index (χ1n) is 13.4. The van der Waals surface area contributed by atoms with Gasteiger partial charge in [0.25, 0.3) is 0 Å². The van der Waals surface area contributed by atoms with Crippen LogP contribution in [-0.4, -0.2) is 28.9 Å². The lowest BCUT2D eigenvalue weighted by molar-refractivity contribution is 0.177. The molecule has 2 aromatic rings. The molecule has 2 rings (SSSR count). The number of nitrogens with zero attached hydrogens (tertiary/aromatic N) is 2. The number of benzene rings is 1. The number of aryl methyl sites for hydroxylation is 1. The Morgan fingerprint density at radius 2 is 1.29 bits per heavy atom. The van der Waals surface area contributed by atoms with E-state index in [4.69, 9.17) is 4.74 Å². The Kier molecular flexibility index (Phi) is 14.4. The summed E-state index contributed by atoms with van der Waals surface area (Å²) in [5.74, 6) is 1.08. The molecule has 2 atom stereocenters. The summed E-state index contributed by atoms with van der Waals surface area (Å²) in [5, 5.41) is 0. The first-order chi connectivity index (χ1) is 16.6. The van der Waals surface area contributed by atoms with E-state index in [1.165, 1.54) is 44.1 Å². The maximum atomic E-state index is 14.1. The average molecular weight is 475 g/mol. The summed E-state index contributed by atoms with van der Waals surface area (Å²) in [7, 11) is 0. The predicted octanol–water partition coefficient (Wildman–Crippen LogP) is 8.85. The van der Waals surface area contributed by atoms with Crippen molar-refractivity contribution < 1.29 is 13.5 Å². The van der Waals surface area contributed by atoms with E-state index in [1.54, 1.807) is 12.4 Å². The molecule has 0 amide bonds. The van der Waals surface area contributed by atoms with Gasteiger partial charge in [-0.1, -0.05) is 89.5 Å². The topological polar surface area (TPSA) is 35.0 Å². The molecule has 0 aliphatic rings. The van der Waals surface area contributed by atoms with E-state index >= 15 is 0 Å². The van der Waals surface area contributed by atoms with Crippen LogP contribution in [-0.2, 0) is 6.42 Å². The second kappa shape index (κ2) is 17.4. The fourth-order valence-corrected chi connectivity index (χ4v) is 4.06. The molecule has 190 valence electrons. The summed E-state index contributed by atoms with van der Waals surface area (Å²) in [6, 6.07) is 8.41. The number of hydrogen-bond acceptors (Lipinski definition) is 3. The van der Waals surface area contributed by atoms with E-state index < -0.39 is 12.3 Å². The molecule has 0 saturated heterocycles. The van der Waals surface area contributed by atoms with Crippen molar-refractivity contribution in [3.63, 3.8) is 0 Å². The van der Waals surface area contributed by atoms with Crippen LogP contribution in [0.1, 0.15) is 103 Å². The van der Waals surface area contributed by atoms with Crippen molar-refractivity contribution in [3.8, 4) is 17.1 Å². The molecule has 3 nitrogen and oxygen atoms in total. The Labute approximate surface area is 205 Å². The smallest absolute Gasteiger partial charge is 0.159 e. The van der Waals surface area contributed by atoms with Crippen molar-refractivity contribution >= 4 is 0 Å². The molecule has 0 aliphatic carbocycles. The molecule has 0 radical (unpaired) electrons. The molecular formula is C29H44F2N2O. The molecule has 1 aromatic carbocycles. The van der Waals surface area contributed by atoms with Crippen LogP contribution >= 0.6 is 0 Å². The van der Waals surface area contributed by atoms with Crippen LogP contribution in [0, 0.1) is 0 Å². The van der Waals surface area contributed by atoms with Gasteiger partial charge >= 0.3 is 0 Å². The van der Waals surface area contributed by atoms with Crippen LogP contribution < -0.4 is 4.74 Å². The largest absolute Gasteiger partial charge is 0.487 e. The predicted molar refractivity (Wildman–Crippen MR) is 138 cm³/mol. The average Bonchev–Trinajstić information content (AvgIpc) is 2.86. The maximum absolute atomic E-state index is 14.1. The lowest BCUT2D eigenvalue weighted by Crippen LogP contribution is -2.14. The number of unbranched alkanes of at least 4 members (excludes halogenated alkanes) is 7. The molecule has 5 heteroatoms. The third-order valence-corrected chi connectivity index (χ3v) is 6.25. The zero-order valence-corrected chi connectivity index (χ0v) is 21.3. The van der Waals surface area contributed by atoms with Crippen LogP contribution in [0.15, 0.2) is 36.7 Å². The van der Waals surface area contributed by atoms with Crippen LogP contribution in [0.2, 0.25) is 0 Å². The Bertz CT molecular complexity index is 752. The molecular weight excluding hydrogens is 430 g/mol. The van der Waals surface area contributed by atoms with Gasteiger partial charge in [-0.3, -0.25) is 0 Å². The van der Waals surface area contributed by atoms with E-state index in [2.05, 4.69) is 48.1 Å². The van der Waals surface area contributed by atoms with Crippen LogP contribution in [0.3, 0.4) is 0 Å². The van der Waals surface area contributed by atoms with Gasteiger partial charge in [-0.2, -0.15) is 0 Å². The molecule has 0 fully saturated rings. The molecule has 1 heterocycles. The fraction of sp³-hybridized carbons (Fsp3) is 0.655. The molecule has 0 aliphatic heterocycles. The second-order valence-corrected chi connectivity index (χ2v) is 9.39. The van der Waals surface area contributed by atoms with Crippen molar-refractivity contribution in [2.45, 2.75) is 116 Å². The summed E-state index contributed by atoms with van der Waals surface area (Å²) in [4.78, 5) is 8.75. The first-order valence-corrected chi connectivity index (χ1v) is 13.4. The van der Waals surface area contributed by atoms with E-state index in [0.29, 0.717) is 37.3 Å². The van der Waals surface area contributed by atoms with E-state index in [0.717, 1.165) is 31.2 Å². The highest BCUT2D eigenvalue weighted by Gasteiger charge is 2.12. The van der Waals surface area contributed by atoms with E-state index in [9.17, 15) is 8.78 Å². The van der Waals surface area contributed by atoms with E-state index in [-0.39, 0.29) is 6.61 Å². The van der Waals surface area contributed by atoms with Crippen molar-refractivity contribution in [1.29, 1.82) is 0 Å². The highest BCUT2D eigenvalue weighted by atomic mass is 19.1. The van der Waals surface area contributed by atoms with Gasteiger partial charge in [-0.25, -0.2) is 18.7 Å². The first kappa shape index (κ1) is 28.2. The molecule has 34 heavy (non-hydrogen) atoms. The Balaban J connectivity index is 1.66. The van der Waals surface area contributed by atoms with Gasteiger partial charge in [-0.05, 0) is 44.1 Å². The lowest BCUT2D eigenvalue weighted by Gasteiger charge is -2.12. The molecule has 0 spiro atoms. The number of alkyl halides is 2. The summed E-state index contributed by atoms with van der Waals surface area (Å²) in [6.07, 6.45) is 15.1. The van der Waals surface area contributed by atoms with Gasteiger partial charge in [-0.15, -0.1) is 0 Å². The zero-order valence-electron chi connectivity index (χ0n) is 21.3. The van der Waals surface area contributed by atoms with Gasteiger partial charge < -0.3 is 4.74 Å². The Morgan fingerprint density at radius 3 is 2.00 bits per heavy atom. The van der Waals surface area contributed by atoms with E-state index in [1.807, 2.05) is 0 Å². The number of halogens is 2. The van der Waals surface area contributed by atoms with Crippen molar-refractivity contribution in [3.05, 3.63) is 42.2 Å². The Morgan fingerprint density at radius 1 is 0.706 bits per heavy atom. The molecule has 2 unspecified atom stereocenters. The molecule has 1 aromatic heterocycles. The summed E-state index contributed by atoms with van der Waals surface area (Å²) in [6.45, 7) is 4.30. The normalized spacial score (nSPS) is 13.1. The number of rotatable bonds is 19. The standard InChI is InChI=1S/C29H44F2N2O/c1-3-5-7-8-9-11-13-24-17-19-25(20-18-24)29-32-21-28(22-33-29)34-23-27(31)16-12-15-26(30)14-10-6-4-2/h17-22,26-27H,3-16,23H2,1-2H3. The van der Waals surface area contributed by atoms with Crippen LogP contribution in [0.5, 0.6) is 5.75 Å². The van der Waals surface area contributed by atoms with Crippen molar-refractivity contribution in [2.75, 3.05) is 6.61 Å². The van der Waals surface area contributed by atoms with Gasteiger partial charge in [0.2, 0.25) is 0 Å². The lowest BCUT2D eigenvalue weighted by atomic mass is 10.0. The number of ether oxygens (including phenoxy) is 1. The van der Waals surface area contributed by atoms with Crippen molar-refractivity contribution in [2.24, 2.45) is 0 Å². The van der Waals surface area contributed by atoms with Gasteiger partial charge in [0.05, 0.1) is 12.4 Å². The number of aromatic nitrogens is 2. The fourth-order valence-electron chi connectivity index (χ4n) is 4.06. The highest BCUT2D eigenvalue weighted by Crippen LogP contribution is 2.20. The summed E-state index contributed by atoms with van der Waals surface area (Å²) in [5.41, 5.74) is 2.30. The molecule has 0 N–H and O–H groups in total. The SMILES string of the molecule is CCCCCCCCc1ccc(-c2ncc(OCC(F)CCCC(F)CCCCC)cn2)cc1. The van der Waals surface area contributed by atoms with Gasteiger partial charge in [0.1, 0.15) is 19.0 Å². The summed E-state index contributed by atoms with van der Waals surface area (Å²) < 4.78 is 33.4. The molecule has 0 bridgehead atoms. The van der Waals surface area contributed by atoms with Gasteiger partial charge in [0, 0.05) is 5.56 Å². The molecule has 0 saturated carbocycles. The third-order valence-electron chi connectivity index (χ3n) is 6.25. The number of hydrogen-bond donors (Lipinski definition) is 0. The minimum absolute atomic E-state index is 0.0529. The Hall–Kier alpha value is -2.04. The second-order valence-electron chi connectivity index (χ2n) is 9.39. The summed E-state index contributed by atoms with van der Waals surface area (Å²) >= 11 is 0. The zero-order chi connectivity index (χ0) is 24.4. The third kappa shape index (κ3) is 11.9. The van der Waals surface area contributed by atoms with Gasteiger partial charge in [0.15, 0.2) is 11.6 Å². The highest BCUT2D eigenvalue weighted by molar-refractivity contribution is 5.55. The minimum Gasteiger partial charge on any atom is -0.487 e. The quantitative estimate of drug-likeness (QED) is 0.191. The van der Waals surface area contributed by atoms with Crippen LogP contribution in [0.4, 0.5) is 8.78 Å². The van der Waals surface area contributed by atoms with Crippen LogP contribution in [0.25, 0.3) is 11.4 Å². The monoisotopic (exact) mass is 474 g/mol. The minimum atomic E-state index is -1.11. The van der Waals surface area contributed by atoms with Crippen molar-refractivity contribution in [1.82, 2.24) is 9.97 Å².